The van der Waals surface area contributed by atoms with Gasteiger partial charge in [-0.2, -0.15) is 0 Å². The van der Waals surface area contributed by atoms with Gasteiger partial charge in [0.25, 0.3) is 0 Å². The van der Waals surface area contributed by atoms with Gasteiger partial charge in [0.05, 0.1) is 12.8 Å². The molecule has 0 saturated carbocycles. The third kappa shape index (κ3) is 2.18. The number of benzene rings is 1. The number of pyridine rings is 1. The van der Waals surface area contributed by atoms with Crippen LogP contribution < -0.4 is 4.74 Å². The maximum atomic E-state index is 13.8. The Bertz CT molecular complexity index is 759. The number of halogens is 2. The van der Waals surface area contributed by atoms with E-state index < -0.39 is 0 Å². The second kappa shape index (κ2) is 4.90. The molecule has 1 aromatic carbocycles. The van der Waals surface area contributed by atoms with Gasteiger partial charge in [-0.3, -0.25) is 0 Å². The van der Waals surface area contributed by atoms with Gasteiger partial charge in [0.15, 0.2) is 11.6 Å². The van der Waals surface area contributed by atoms with E-state index in [0.717, 1.165) is 26.9 Å². The number of aromatic nitrogens is 2. The molecule has 0 amide bonds. The molecule has 0 atom stereocenters. The number of rotatable bonds is 2. The maximum absolute atomic E-state index is 13.8. The molecule has 102 valence electrons. The summed E-state index contributed by atoms with van der Waals surface area (Å²) in [4.78, 5) is 4.52. The minimum Gasteiger partial charge on any atom is -0.494 e. The lowest BCUT2D eigenvalue weighted by atomic mass is 10.1. The molecule has 0 aliphatic heterocycles. The molecule has 0 N–H and O–H groups in total. The predicted octanol–water partition coefficient (Wildman–Crippen LogP) is 4.22. The Hall–Kier alpha value is -1.88. The highest BCUT2D eigenvalue weighted by atomic mass is 79.9. The van der Waals surface area contributed by atoms with E-state index in [2.05, 4.69) is 20.9 Å². The summed E-state index contributed by atoms with van der Waals surface area (Å²) in [6.45, 7) is 2.01. The van der Waals surface area contributed by atoms with Crippen molar-refractivity contribution in [3.63, 3.8) is 0 Å². The highest BCUT2D eigenvalue weighted by molar-refractivity contribution is 9.10. The summed E-state index contributed by atoms with van der Waals surface area (Å²) in [5.41, 5.74) is 3.39. The molecule has 3 aromatic rings. The van der Waals surface area contributed by atoms with Gasteiger partial charge < -0.3 is 9.14 Å². The number of fused-ring (bicyclic) bond motifs is 1. The summed E-state index contributed by atoms with van der Waals surface area (Å²) in [5.74, 6) is -0.157. The van der Waals surface area contributed by atoms with Crippen molar-refractivity contribution in [3.8, 4) is 17.0 Å². The number of ether oxygens (including phenoxy) is 1. The van der Waals surface area contributed by atoms with Crippen LogP contribution in [0.2, 0.25) is 0 Å². The van der Waals surface area contributed by atoms with Crippen molar-refractivity contribution in [3.05, 3.63) is 52.5 Å². The Morgan fingerprint density at radius 1 is 1.25 bits per heavy atom. The van der Waals surface area contributed by atoms with Crippen LogP contribution in [0.4, 0.5) is 4.39 Å². The molecule has 2 heterocycles. The Balaban J connectivity index is 2.12. The standard InChI is InChI=1S/C15H12BrFN2O/c1-9-5-15-18-13(8-19(15)7-11(9)16)10-3-4-14(20-2)12(17)6-10/h3-8H,1-2H3. The largest absolute Gasteiger partial charge is 0.494 e. The minimum atomic E-state index is -0.389. The van der Waals surface area contributed by atoms with Crippen LogP contribution >= 0.6 is 15.9 Å². The zero-order valence-corrected chi connectivity index (χ0v) is 12.6. The van der Waals surface area contributed by atoms with E-state index in [1.165, 1.54) is 13.2 Å². The first-order valence-electron chi connectivity index (χ1n) is 6.07. The first-order valence-corrected chi connectivity index (χ1v) is 6.86. The Morgan fingerprint density at radius 3 is 2.75 bits per heavy atom. The average molecular weight is 335 g/mol. The van der Waals surface area contributed by atoms with Crippen LogP contribution in [0.5, 0.6) is 5.75 Å². The fourth-order valence-electron chi connectivity index (χ4n) is 2.07. The fourth-order valence-corrected chi connectivity index (χ4v) is 2.40. The second-order valence-electron chi connectivity index (χ2n) is 4.55. The lowest BCUT2D eigenvalue weighted by molar-refractivity contribution is 0.386. The van der Waals surface area contributed by atoms with E-state index >= 15 is 0 Å². The van der Waals surface area contributed by atoms with Crippen molar-refractivity contribution in [2.75, 3.05) is 7.11 Å². The molecular weight excluding hydrogens is 323 g/mol. The van der Waals surface area contributed by atoms with Crippen LogP contribution in [0.1, 0.15) is 5.56 Å². The molecule has 0 bridgehead atoms. The molecule has 0 saturated heterocycles. The van der Waals surface area contributed by atoms with E-state index in [1.807, 2.05) is 29.8 Å². The number of aryl methyl sites for hydroxylation is 1. The molecular formula is C15H12BrFN2O. The van der Waals surface area contributed by atoms with E-state index in [9.17, 15) is 4.39 Å². The van der Waals surface area contributed by atoms with Crippen LogP contribution in [0, 0.1) is 12.7 Å². The van der Waals surface area contributed by atoms with Crippen molar-refractivity contribution in [1.82, 2.24) is 9.38 Å². The van der Waals surface area contributed by atoms with E-state index in [4.69, 9.17) is 4.74 Å². The van der Waals surface area contributed by atoms with Gasteiger partial charge in [-0.25, -0.2) is 9.37 Å². The molecule has 3 nitrogen and oxygen atoms in total. The highest BCUT2D eigenvalue weighted by Crippen LogP contribution is 2.26. The minimum absolute atomic E-state index is 0.233. The highest BCUT2D eigenvalue weighted by Gasteiger charge is 2.09. The van der Waals surface area contributed by atoms with Gasteiger partial charge in [0.1, 0.15) is 5.65 Å². The molecule has 3 rings (SSSR count). The third-order valence-electron chi connectivity index (χ3n) is 3.18. The molecule has 5 heteroatoms. The van der Waals surface area contributed by atoms with Crippen molar-refractivity contribution in [2.45, 2.75) is 6.92 Å². The Labute approximate surface area is 124 Å². The van der Waals surface area contributed by atoms with E-state index in [1.54, 1.807) is 12.1 Å². The van der Waals surface area contributed by atoms with E-state index in [-0.39, 0.29) is 11.6 Å². The quantitative estimate of drug-likeness (QED) is 0.701. The summed E-state index contributed by atoms with van der Waals surface area (Å²) >= 11 is 3.49. The van der Waals surface area contributed by atoms with Gasteiger partial charge in [0.2, 0.25) is 0 Å². The summed E-state index contributed by atoms with van der Waals surface area (Å²) in [7, 11) is 1.45. The molecule has 2 aromatic heterocycles. The van der Waals surface area contributed by atoms with Crippen molar-refractivity contribution >= 4 is 21.6 Å². The zero-order valence-electron chi connectivity index (χ0n) is 11.0. The lowest BCUT2D eigenvalue weighted by Gasteiger charge is -2.02. The molecule has 0 radical (unpaired) electrons. The van der Waals surface area contributed by atoms with Crippen LogP contribution in [0.25, 0.3) is 16.9 Å². The van der Waals surface area contributed by atoms with Gasteiger partial charge >= 0.3 is 0 Å². The normalized spacial score (nSPS) is 11.0. The molecule has 20 heavy (non-hydrogen) atoms. The summed E-state index contributed by atoms with van der Waals surface area (Å²) < 4.78 is 21.6. The third-order valence-corrected chi connectivity index (χ3v) is 4.01. The second-order valence-corrected chi connectivity index (χ2v) is 5.40. The number of hydrogen-bond donors (Lipinski definition) is 0. The van der Waals surface area contributed by atoms with Gasteiger partial charge in [-0.15, -0.1) is 0 Å². The molecule has 0 aliphatic carbocycles. The number of methoxy groups -OCH3 is 1. The Morgan fingerprint density at radius 2 is 2.05 bits per heavy atom. The first-order chi connectivity index (χ1) is 9.58. The molecule has 0 spiro atoms. The SMILES string of the molecule is COc1ccc(-c2cn3cc(Br)c(C)cc3n2)cc1F. The van der Waals surface area contributed by atoms with E-state index in [0.29, 0.717) is 0 Å². The van der Waals surface area contributed by atoms with Crippen molar-refractivity contribution in [2.24, 2.45) is 0 Å². The molecule has 0 aliphatic rings. The van der Waals surface area contributed by atoms with Crippen LogP contribution in [0.15, 0.2) is 41.1 Å². The lowest BCUT2D eigenvalue weighted by Crippen LogP contribution is -1.88. The molecule has 0 fully saturated rings. The number of imidazole rings is 1. The van der Waals surface area contributed by atoms with Crippen LogP contribution in [-0.4, -0.2) is 16.5 Å². The topological polar surface area (TPSA) is 26.5 Å². The van der Waals surface area contributed by atoms with Gasteiger partial charge in [-0.1, -0.05) is 0 Å². The monoisotopic (exact) mass is 334 g/mol. The fraction of sp³-hybridized carbons (Fsp3) is 0.133. The Kier molecular flexibility index (Phi) is 3.22. The zero-order chi connectivity index (χ0) is 14.3. The van der Waals surface area contributed by atoms with Gasteiger partial charge in [-0.05, 0) is 52.7 Å². The summed E-state index contributed by atoms with van der Waals surface area (Å²) in [6, 6.07) is 6.82. The van der Waals surface area contributed by atoms with Crippen molar-refractivity contribution in [1.29, 1.82) is 0 Å². The van der Waals surface area contributed by atoms with Gasteiger partial charge in [0, 0.05) is 22.4 Å². The average Bonchev–Trinajstić information content (AvgIpc) is 2.82. The number of hydrogen-bond acceptors (Lipinski definition) is 2. The summed E-state index contributed by atoms with van der Waals surface area (Å²) in [6.07, 6.45) is 3.82. The van der Waals surface area contributed by atoms with Crippen LogP contribution in [0.3, 0.4) is 0 Å². The maximum Gasteiger partial charge on any atom is 0.165 e. The predicted molar refractivity (Wildman–Crippen MR) is 79.6 cm³/mol. The first kappa shape index (κ1) is 13.1. The van der Waals surface area contributed by atoms with Crippen LogP contribution in [-0.2, 0) is 0 Å². The number of nitrogens with zero attached hydrogens (tertiary/aromatic N) is 2. The van der Waals surface area contributed by atoms with Crippen molar-refractivity contribution < 1.29 is 9.13 Å². The summed E-state index contributed by atoms with van der Waals surface area (Å²) in [5, 5.41) is 0. The smallest absolute Gasteiger partial charge is 0.165 e. The molecule has 0 unspecified atom stereocenters.